The molecule has 0 spiro atoms. The van der Waals surface area contributed by atoms with E-state index in [2.05, 4.69) is 25.8 Å². The van der Waals surface area contributed by atoms with Crippen LogP contribution in [-0.4, -0.2) is 30.6 Å². The molecule has 0 saturated carbocycles. The first-order valence-corrected chi connectivity index (χ1v) is 7.03. The minimum absolute atomic E-state index is 0.00867. The molecule has 0 radical (unpaired) electrons. The van der Waals surface area contributed by atoms with Crippen molar-refractivity contribution >= 4 is 27.6 Å². The van der Waals surface area contributed by atoms with Crippen molar-refractivity contribution in [1.29, 1.82) is 0 Å². The molecule has 0 amide bonds. The predicted octanol–water partition coefficient (Wildman–Crippen LogP) is 2.62. The third-order valence-electron chi connectivity index (χ3n) is 3.12. The zero-order valence-electron chi connectivity index (χ0n) is 10.4. The quantitative estimate of drug-likeness (QED) is 0.635. The van der Waals surface area contributed by atoms with Gasteiger partial charge in [-0.1, -0.05) is 0 Å². The van der Waals surface area contributed by atoms with Gasteiger partial charge in [-0.05, 0) is 47.8 Å². The minimum atomic E-state index is -0.0738. The summed E-state index contributed by atoms with van der Waals surface area (Å²) in [5.74, 6) is -0.0824. The number of nitrogens with zero attached hydrogens (tertiary/aromatic N) is 2. The van der Waals surface area contributed by atoms with Crippen LogP contribution in [0, 0.1) is 5.92 Å². The number of hydrogen-bond donors (Lipinski definition) is 0. The second kappa shape index (κ2) is 6.18. The summed E-state index contributed by atoms with van der Waals surface area (Å²) >= 11 is 3.37. The van der Waals surface area contributed by atoms with Gasteiger partial charge < -0.3 is 9.64 Å². The summed E-state index contributed by atoms with van der Waals surface area (Å²) < 4.78 is 5.92. The van der Waals surface area contributed by atoms with Crippen molar-refractivity contribution in [3.63, 3.8) is 0 Å². The highest BCUT2D eigenvalue weighted by Gasteiger charge is 2.26. The molecule has 1 aliphatic rings. The number of carbonyl (C=O) groups is 1. The lowest BCUT2D eigenvalue weighted by Gasteiger charge is -2.33. The lowest BCUT2D eigenvalue weighted by atomic mass is 9.98. The van der Waals surface area contributed by atoms with E-state index >= 15 is 0 Å². The fourth-order valence-electron chi connectivity index (χ4n) is 2.25. The van der Waals surface area contributed by atoms with Crippen molar-refractivity contribution in [3.8, 4) is 0 Å². The molecule has 0 N–H and O–H groups in total. The SMILES string of the molecule is CCOC(=O)[C@H]1CCCN(c2ccnc(Br)c2)C1. The third-order valence-corrected chi connectivity index (χ3v) is 3.55. The number of anilines is 1. The van der Waals surface area contributed by atoms with E-state index in [4.69, 9.17) is 4.74 Å². The van der Waals surface area contributed by atoms with E-state index in [1.54, 1.807) is 6.20 Å². The van der Waals surface area contributed by atoms with E-state index in [-0.39, 0.29) is 11.9 Å². The smallest absolute Gasteiger partial charge is 0.310 e. The number of ether oxygens (including phenoxy) is 1. The van der Waals surface area contributed by atoms with Gasteiger partial charge in [0, 0.05) is 25.0 Å². The Morgan fingerprint density at radius 1 is 1.67 bits per heavy atom. The second-order valence-corrected chi connectivity index (χ2v) is 5.19. The normalized spacial score (nSPS) is 19.7. The Labute approximate surface area is 115 Å². The van der Waals surface area contributed by atoms with Crippen LogP contribution in [0.25, 0.3) is 0 Å². The number of hydrogen-bond acceptors (Lipinski definition) is 4. The van der Waals surface area contributed by atoms with E-state index < -0.39 is 0 Å². The largest absolute Gasteiger partial charge is 0.466 e. The van der Waals surface area contributed by atoms with Crippen molar-refractivity contribution < 1.29 is 9.53 Å². The number of carbonyl (C=O) groups excluding carboxylic acids is 1. The molecule has 0 bridgehead atoms. The molecule has 98 valence electrons. The Kier molecular flexibility index (Phi) is 4.58. The summed E-state index contributed by atoms with van der Waals surface area (Å²) in [6, 6.07) is 3.95. The van der Waals surface area contributed by atoms with E-state index in [0.717, 1.165) is 36.2 Å². The number of aromatic nitrogens is 1. The molecule has 4 nitrogen and oxygen atoms in total. The summed E-state index contributed by atoms with van der Waals surface area (Å²) in [5.41, 5.74) is 1.10. The Morgan fingerprint density at radius 2 is 2.50 bits per heavy atom. The van der Waals surface area contributed by atoms with Crippen LogP contribution in [0.15, 0.2) is 22.9 Å². The average molecular weight is 313 g/mol. The first-order valence-electron chi connectivity index (χ1n) is 6.24. The highest BCUT2D eigenvalue weighted by Crippen LogP contribution is 2.25. The standard InChI is InChI=1S/C13H17BrN2O2/c1-2-18-13(17)10-4-3-7-16(9-10)11-5-6-15-12(14)8-11/h5-6,8,10H,2-4,7,9H2,1H3/t10-/m0/s1. The molecule has 1 saturated heterocycles. The monoisotopic (exact) mass is 312 g/mol. The number of piperidine rings is 1. The van der Waals surface area contributed by atoms with Gasteiger partial charge >= 0.3 is 5.97 Å². The predicted molar refractivity (Wildman–Crippen MR) is 73.5 cm³/mol. The Bertz CT molecular complexity index is 425. The van der Waals surface area contributed by atoms with Gasteiger partial charge in [-0.25, -0.2) is 4.98 Å². The topological polar surface area (TPSA) is 42.4 Å². The second-order valence-electron chi connectivity index (χ2n) is 4.37. The average Bonchev–Trinajstić information content (AvgIpc) is 2.39. The molecule has 18 heavy (non-hydrogen) atoms. The Balaban J connectivity index is 2.04. The Morgan fingerprint density at radius 3 is 3.22 bits per heavy atom. The summed E-state index contributed by atoms with van der Waals surface area (Å²) in [5, 5.41) is 0. The highest BCUT2D eigenvalue weighted by atomic mass is 79.9. The number of esters is 1. The minimum Gasteiger partial charge on any atom is -0.466 e. The van der Waals surface area contributed by atoms with Crippen molar-refractivity contribution in [2.24, 2.45) is 5.92 Å². The van der Waals surface area contributed by atoms with Gasteiger partial charge in [0.2, 0.25) is 0 Å². The van der Waals surface area contributed by atoms with Crippen LogP contribution < -0.4 is 4.90 Å². The molecular formula is C13H17BrN2O2. The number of pyridine rings is 1. The van der Waals surface area contributed by atoms with E-state index in [1.165, 1.54) is 0 Å². The zero-order valence-corrected chi connectivity index (χ0v) is 12.0. The molecule has 0 unspecified atom stereocenters. The maximum atomic E-state index is 11.8. The van der Waals surface area contributed by atoms with Gasteiger partial charge in [0.15, 0.2) is 0 Å². The van der Waals surface area contributed by atoms with E-state index in [1.807, 2.05) is 19.1 Å². The van der Waals surface area contributed by atoms with Crippen LogP contribution in [0.4, 0.5) is 5.69 Å². The molecule has 2 heterocycles. The zero-order chi connectivity index (χ0) is 13.0. The molecule has 1 fully saturated rings. The van der Waals surface area contributed by atoms with Crippen molar-refractivity contribution in [1.82, 2.24) is 4.98 Å². The maximum absolute atomic E-state index is 11.8. The van der Waals surface area contributed by atoms with Gasteiger partial charge in [0.05, 0.1) is 12.5 Å². The van der Waals surface area contributed by atoms with Crippen molar-refractivity contribution in [2.75, 3.05) is 24.6 Å². The molecule has 1 aromatic heterocycles. The molecule has 0 aromatic carbocycles. The van der Waals surface area contributed by atoms with Crippen LogP contribution in [0.5, 0.6) is 0 Å². The maximum Gasteiger partial charge on any atom is 0.310 e. The van der Waals surface area contributed by atoms with Gasteiger partial charge in [0.25, 0.3) is 0 Å². The number of rotatable bonds is 3. The van der Waals surface area contributed by atoms with Crippen LogP contribution in [0.1, 0.15) is 19.8 Å². The molecule has 1 aromatic rings. The fraction of sp³-hybridized carbons (Fsp3) is 0.538. The van der Waals surface area contributed by atoms with Crippen LogP contribution in [-0.2, 0) is 9.53 Å². The van der Waals surface area contributed by atoms with Gasteiger partial charge in [-0.3, -0.25) is 4.79 Å². The van der Waals surface area contributed by atoms with E-state index in [9.17, 15) is 4.79 Å². The summed E-state index contributed by atoms with van der Waals surface area (Å²) in [7, 11) is 0. The fourth-order valence-corrected chi connectivity index (χ4v) is 2.61. The Hall–Kier alpha value is -1.10. The van der Waals surface area contributed by atoms with Gasteiger partial charge in [-0.2, -0.15) is 0 Å². The van der Waals surface area contributed by atoms with Crippen LogP contribution in [0.2, 0.25) is 0 Å². The van der Waals surface area contributed by atoms with Crippen molar-refractivity contribution in [3.05, 3.63) is 22.9 Å². The molecule has 2 rings (SSSR count). The summed E-state index contributed by atoms with van der Waals surface area (Å²) in [4.78, 5) is 18.1. The van der Waals surface area contributed by atoms with Gasteiger partial charge in [0.1, 0.15) is 4.60 Å². The van der Waals surface area contributed by atoms with Crippen LogP contribution >= 0.6 is 15.9 Å². The van der Waals surface area contributed by atoms with E-state index in [0.29, 0.717) is 6.61 Å². The number of halogens is 1. The van der Waals surface area contributed by atoms with Crippen LogP contribution in [0.3, 0.4) is 0 Å². The third kappa shape index (κ3) is 3.22. The van der Waals surface area contributed by atoms with Gasteiger partial charge in [-0.15, -0.1) is 0 Å². The first kappa shape index (κ1) is 13.3. The molecule has 5 heteroatoms. The molecule has 0 aliphatic carbocycles. The highest BCUT2D eigenvalue weighted by molar-refractivity contribution is 9.10. The molecule has 1 aliphatic heterocycles. The summed E-state index contributed by atoms with van der Waals surface area (Å²) in [6.07, 6.45) is 3.71. The first-order chi connectivity index (χ1) is 8.70. The summed E-state index contributed by atoms with van der Waals surface area (Å²) in [6.45, 7) is 4.01. The lowest BCUT2D eigenvalue weighted by Crippen LogP contribution is -2.39. The lowest BCUT2D eigenvalue weighted by molar-refractivity contribution is -0.148. The molecule has 1 atom stereocenters. The molecular weight excluding hydrogens is 296 g/mol. The van der Waals surface area contributed by atoms with Crippen molar-refractivity contribution in [2.45, 2.75) is 19.8 Å².